The number of thioether (sulfide) groups is 1. The van der Waals surface area contributed by atoms with Gasteiger partial charge in [-0.15, -0.1) is 0 Å². The van der Waals surface area contributed by atoms with E-state index in [1.165, 1.54) is 5.75 Å². The molecule has 0 aliphatic rings. The van der Waals surface area contributed by atoms with E-state index in [0.29, 0.717) is 6.04 Å². The highest BCUT2D eigenvalue weighted by Gasteiger charge is 2.12. The Kier molecular flexibility index (Phi) is 5.79. The van der Waals surface area contributed by atoms with Gasteiger partial charge >= 0.3 is 0 Å². The first-order valence-corrected chi connectivity index (χ1v) is 7.17. The molecule has 1 aromatic rings. The summed E-state index contributed by atoms with van der Waals surface area (Å²) < 4.78 is 6.29. The van der Waals surface area contributed by atoms with E-state index < -0.39 is 0 Å². The molecule has 0 aliphatic heterocycles. The van der Waals surface area contributed by atoms with Crippen molar-refractivity contribution in [2.24, 2.45) is 0 Å². The van der Waals surface area contributed by atoms with Crippen LogP contribution >= 0.6 is 27.7 Å². The Hall–Kier alpha value is 0.0700. The zero-order valence-corrected chi connectivity index (χ0v) is 11.8. The third-order valence-corrected chi connectivity index (χ3v) is 3.70. The van der Waals surface area contributed by atoms with Crippen LogP contribution in [0.15, 0.2) is 21.2 Å². The maximum absolute atomic E-state index is 5.50. The predicted molar refractivity (Wildman–Crippen MR) is 70.4 cm³/mol. The number of hydrogen-bond acceptors (Lipinski definition) is 3. The summed E-state index contributed by atoms with van der Waals surface area (Å²) in [6.45, 7) is 6.51. The number of hydrogen-bond donors (Lipinski definition) is 1. The van der Waals surface area contributed by atoms with Crippen LogP contribution in [0.1, 0.15) is 32.6 Å². The van der Waals surface area contributed by atoms with E-state index in [2.05, 4.69) is 42.0 Å². The van der Waals surface area contributed by atoms with Gasteiger partial charge in [-0.05, 0) is 47.7 Å². The number of halogens is 1. The third-order valence-electron chi connectivity index (χ3n) is 2.13. The summed E-state index contributed by atoms with van der Waals surface area (Å²) in [5.41, 5.74) is 0. The normalized spacial score (nSPS) is 15.2. The van der Waals surface area contributed by atoms with Crippen molar-refractivity contribution >= 4 is 27.7 Å². The van der Waals surface area contributed by atoms with E-state index in [-0.39, 0.29) is 6.04 Å². The van der Waals surface area contributed by atoms with Gasteiger partial charge in [-0.25, -0.2) is 0 Å². The molecule has 1 N–H and O–H groups in total. The molecule has 0 aliphatic carbocycles. The summed E-state index contributed by atoms with van der Waals surface area (Å²) in [6.07, 6.45) is 0. The van der Waals surface area contributed by atoms with E-state index in [1.54, 1.807) is 0 Å². The van der Waals surface area contributed by atoms with Crippen molar-refractivity contribution in [1.29, 1.82) is 0 Å². The maximum atomic E-state index is 5.50. The maximum Gasteiger partial charge on any atom is 0.169 e. The molecule has 0 fully saturated rings. The SMILES string of the molecule is CCSCC(C)NC(C)c1ccc(Br)o1. The predicted octanol–water partition coefficient (Wildman–Crippen LogP) is 3.83. The van der Waals surface area contributed by atoms with Crippen LogP contribution < -0.4 is 5.32 Å². The lowest BCUT2D eigenvalue weighted by Crippen LogP contribution is -2.30. The molecule has 2 atom stereocenters. The second-order valence-electron chi connectivity index (χ2n) is 3.59. The van der Waals surface area contributed by atoms with Crippen LogP contribution in [0.4, 0.5) is 0 Å². The highest BCUT2D eigenvalue weighted by Crippen LogP contribution is 2.20. The summed E-state index contributed by atoms with van der Waals surface area (Å²) in [4.78, 5) is 0. The molecule has 0 radical (unpaired) electrons. The minimum atomic E-state index is 0.267. The molecule has 2 unspecified atom stereocenters. The molecule has 1 heterocycles. The first-order chi connectivity index (χ1) is 7.13. The highest BCUT2D eigenvalue weighted by molar-refractivity contribution is 9.10. The molecule has 0 aromatic carbocycles. The van der Waals surface area contributed by atoms with Crippen LogP contribution in [0.2, 0.25) is 0 Å². The van der Waals surface area contributed by atoms with Gasteiger partial charge in [0.15, 0.2) is 4.67 Å². The van der Waals surface area contributed by atoms with Gasteiger partial charge in [0.1, 0.15) is 5.76 Å². The van der Waals surface area contributed by atoms with Gasteiger partial charge < -0.3 is 9.73 Å². The Morgan fingerprint density at radius 3 is 2.73 bits per heavy atom. The number of nitrogens with one attached hydrogen (secondary N) is 1. The summed E-state index contributed by atoms with van der Waals surface area (Å²) in [7, 11) is 0. The molecule has 15 heavy (non-hydrogen) atoms. The van der Waals surface area contributed by atoms with Crippen molar-refractivity contribution in [3.63, 3.8) is 0 Å². The van der Waals surface area contributed by atoms with Crippen LogP contribution in [0.3, 0.4) is 0 Å². The topological polar surface area (TPSA) is 25.2 Å². The molecule has 0 bridgehead atoms. The largest absolute Gasteiger partial charge is 0.453 e. The molecule has 0 amide bonds. The zero-order valence-electron chi connectivity index (χ0n) is 9.42. The van der Waals surface area contributed by atoms with Crippen molar-refractivity contribution in [2.75, 3.05) is 11.5 Å². The third kappa shape index (κ3) is 4.62. The van der Waals surface area contributed by atoms with Crippen molar-refractivity contribution in [2.45, 2.75) is 32.9 Å². The van der Waals surface area contributed by atoms with E-state index >= 15 is 0 Å². The fraction of sp³-hybridized carbons (Fsp3) is 0.636. The Morgan fingerprint density at radius 2 is 2.20 bits per heavy atom. The first-order valence-electron chi connectivity index (χ1n) is 5.22. The zero-order chi connectivity index (χ0) is 11.3. The Bertz CT molecular complexity index is 290. The van der Waals surface area contributed by atoms with Gasteiger partial charge in [0.2, 0.25) is 0 Å². The Labute approximate surface area is 104 Å². The average Bonchev–Trinajstić information content (AvgIpc) is 2.61. The second-order valence-corrected chi connectivity index (χ2v) is 5.69. The van der Waals surface area contributed by atoms with Crippen LogP contribution in [0.5, 0.6) is 0 Å². The summed E-state index contributed by atoms with van der Waals surface area (Å²) in [5.74, 6) is 3.30. The summed E-state index contributed by atoms with van der Waals surface area (Å²) in [5, 5.41) is 3.51. The molecular weight excluding hydrogens is 274 g/mol. The van der Waals surface area contributed by atoms with E-state index in [4.69, 9.17) is 4.42 Å². The number of rotatable bonds is 6. The summed E-state index contributed by atoms with van der Waals surface area (Å²) in [6, 6.07) is 4.71. The van der Waals surface area contributed by atoms with Crippen LogP contribution in [-0.4, -0.2) is 17.5 Å². The van der Waals surface area contributed by atoms with Crippen molar-refractivity contribution < 1.29 is 4.42 Å². The fourth-order valence-electron chi connectivity index (χ4n) is 1.41. The smallest absolute Gasteiger partial charge is 0.169 e. The van der Waals surface area contributed by atoms with Gasteiger partial charge in [-0.1, -0.05) is 6.92 Å². The molecule has 0 saturated heterocycles. The minimum absolute atomic E-state index is 0.267. The molecule has 86 valence electrons. The Morgan fingerprint density at radius 1 is 1.47 bits per heavy atom. The van der Waals surface area contributed by atoms with Gasteiger partial charge in [-0.3, -0.25) is 0 Å². The molecule has 4 heteroatoms. The lowest BCUT2D eigenvalue weighted by atomic mass is 10.2. The molecular formula is C11H18BrNOS. The lowest BCUT2D eigenvalue weighted by Gasteiger charge is -2.17. The standard InChI is InChI=1S/C11H18BrNOS/c1-4-15-7-8(2)13-9(3)10-5-6-11(12)14-10/h5-6,8-9,13H,4,7H2,1-3H3. The highest BCUT2D eigenvalue weighted by atomic mass is 79.9. The van der Waals surface area contributed by atoms with Gasteiger partial charge in [0.05, 0.1) is 6.04 Å². The monoisotopic (exact) mass is 291 g/mol. The summed E-state index contributed by atoms with van der Waals surface area (Å²) >= 11 is 5.27. The quantitative estimate of drug-likeness (QED) is 0.862. The van der Waals surface area contributed by atoms with E-state index in [1.807, 2.05) is 23.9 Å². The number of furan rings is 1. The van der Waals surface area contributed by atoms with E-state index in [0.717, 1.165) is 16.2 Å². The minimum Gasteiger partial charge on any atom is -0.453 e. The van der Waals surface area contributed by atoms with Crippen molar-refractivity contribution in [3.05, 3.63) is 22.6 Å². The van der Waals surface area contributed by atoms with Crippen LogP contribution in [0, 0.1) is 0 Å². The van der Waals surface area contributed by atoms with Gasteiger partial charge in [-0.2, -0.15) is 11.8 Å². The molecule has 1 aromatic heterocycles. The average molecular weight is 292 g/mol. The van der Waals surface area contributed by atoms with Crippen molar-refractivity contribution in [3.8, 4) is 0 Å². The van der Waals surface area contributed by atoms with Crippen LogP contribution in [0.25, 0.3) is 0 Å². The molecule has 1 rings (SSSR count). The Balaban J connectivity index is 2.38. The van der Waals surface area contributed by atoms with Crippen molar-refractivity contribution in [1.82, 2.24) is 5.32 Å². The molecule has 2 nitrogen and oxygen atoms in total. The first kappa shape index (κ1) is 13.1. The fourth-order valence-corrected chi connectivity index (χ4v) is 2.42. The van der Waals surface area contributed by atoms with Gasteiger partial charge in [0.25, 0.3) is 0 Å². The molecule has 0 saturated carbocycles. The second kappa shape index (κ2) is 6.61. The van der Waals surface area contributed by atoms with Crippen LogP contribution in [-0.2, 0) is 0 Å². The molecule has 0 spiro atoms. The van der Waals surface area contributed by atoms with E-state index in [9.17, 15) is 0 Å². The lowest BCUT2D eigenvalue weighted by molar-refractivity contribution is 0.400. The van der Waals surface area contributed by atoms with Gasteiger partial charge in [0, 0.05) is 11.8 Å².